The highest BCUT2D eigenvalue weighted by atomic mass is 32.2. The molecule has 1 aromatic rings. The maximum Gasteiger partial charge on any atom is 0.212 e. The molecule has 1 aliphatic rings. The van der Waals surface area contributed by atoms with Crippen molar-refractivity contribution in [2.75, 3.05) is 12.4 Å². The van der Waals surface area contributed by atoms with E-state index < -0.39 is 10.0 Å². The number of hydrogen-bond acceptors (Lipinski definition) is 4. The first-order chi connectivity index (χ1) is 10.1. The third-order valence-corrected chi connectivity index (χ3v) is 4.98. The lowest BCUT2D eigenvalue weighted by molar-refractivity contribution is -0.00447. The molecule has 7 heteroatoms. The molecule has 0 bridgehead atoms. The molecule has 1 aromatic heterocycles. The molecule has 0 unspecified atom stereocenters. The summed E-state index contributed by atoms with van der Waals surface area (Å²) in [6.45, 7) is 6.99. The first-order valence-electron chi connectivity index (χ1n) is 7.30. The molecule has 1 aliphatic heterocycles. The van der Waals surface area contributed by atoms with E-state index in [9.17, 15) is 8.42 Å². The summed E-state index contributed by atoms with van der Waals surface area (Å²) in [6.07, 6.45) is 7.09. The van der Waals surface area contributed by atoms with Gasteiger partial charge in [0.2, 0.25) is 10.0 Å². The topological polar surface area (TPSA) is 73.2 Å². The Hall–Kier alpha value is -1.18. The lowest BCUT2D eigenvalue weighted by Gasteiger charge is -2.31. The molecule has 0 aromatic carbocycles. The summed E-state index contributed by atoms with van der Waals surface area (Å²) in [7, 11) is -3.31. The zero-order valence-electron chi connectivity index (χ0n) is 12.4. The van der Waals surface area contributed by atoms with Crippen LogP contribution in [0.25, 0.3) is 0 Å². The first kappa shape index (κ1) is 16.2. The molecule has 2 rings (SSSR count). The van der Waals surface area contributed by atoms with Gasteiger partial charge in [0.15, 0.2) is 0 Å². The van der Waals surface area contributed by atoms with Crippen LogP contribution in [-0.4, -0.2) is 36.6 Å². The summed E-state index contributed by atoms with van der Waals surface area (Å²) >= 11 is 0. The monoisotopic (exact) mass is 313 g/mol. The molecule has 21 heavy (non-hydrogen) atoms. The molecule has 2 atom stereocenters. The van der Waals surface area contributed by atoms with E-state index in [1.165, 1.54) is 0 Å². The summed E-state index contributed by atoms with van der Waals surface area (Å²) in [5.41, 5.74) is 0.924. The third-order valence-electron chi connectivity index (χ3n) is 3.55. The zero-order chi connectivity index (χ0) is 15.3. The Morgan fingerprint density at radius 1 is 1.62 bits per heavy atom. The van der Waals surface area contributed by atoms with Crippen LogP contribution in [0.15, 0.2) is 25.0 Å². The number of ether oxygens (including phenoxy) is 1. The van der Waals surface area contributed by atoms with E-state index in [4.69, 9.17) is 4.74 Å². The standard InChI is InChI=1S/C14H23N3O3S/c1-3-5-9-21(18,19)16-13-7-6-8-20-14(13)12-10-15-17(4-2)11-12/h3,10-11,13-14,16H,1,4-9H2,2H3/t13-,14+/m1/s1. The van der Waals surface area contributed by atoms with Gasteiger partial charge in [-0.1, -0.05) is 6.08 Å². The van der Waals surface area contributed by atoms with Gasteiger partial charge in [-0.3, -0.25) is 4.68 Å². The second-order valence-electron chi connectivity index (χ2n) is 5.18. The van der Waals surface area contributed by atoms with Gasteiger partial charge in [0.25, 0.3) is 0 Å². The van der Waals surface area contributed by atoms with E-state index >= 15 is 0 Å². The fraction of sp³-hybridized carbons (Fsp3) is 0.643. The number of aromatic nitrogens is 2. The molecular weight excluding hydrogens is 290 g/mol. The van der Waals surface area contributed by atoms with Crippen LogP contribution in [0, 0.1) is 0 Å². The number of allylic oxidation sites excluding steroid dienone is 1. The van der Waals surface area contributed by atoms with Crippen molar-refractivity contribution in [1.29, 1.82) is 0 Å². The minimum Gasteiger partial charge on any atom is -0.372 e. The van der Waals surface area contributed by atoms with Crippen molar-refractivity contribution in [3.63, 3.8) is 0 Å². The summed E-state index contributed by atoms with van der Waals surface area (Å²) in [5.74, 6) is 0.0634. The van der Waals surface area contributed by atoms with Crippen LogP contribution in [-0.2, 0) is 21.3 Å². The minimum absolute atomic E-state index is 0.0634. The summed E-state index contributed by atoms with van der Waals surface area (Å²) < 4.78 is 34.5. The van der Waals surface area contributed by atoms with Gasteiger partial charge in [0, 0.05) is 24.9 Å². The lowest BCUT2D eigenvalue weighted by Crippen LogP contribution is -2.43. The van der Waals surface area contributed by atoms with Gasteiger partial charge in [0.05, 0.1) is 18.0 Å². The maximum absolute atomic E-state index is 12.1. The zero-order valence-corrected chi connectivity index (χ0v) is 13.2. The van der Waals surface area contributed by atoms with Gasteiger partial charge in [-0.15, -0.1) is 6.58 Å². The normalized spacial score (nSPS) is 23.1. The van der Waals surface area contributed by atoms with Crippen molar-refractivity contribution in [3.05, 3.63) is 30.6 Å². The van der Waals surface area contributed by atoms with E-state index in [0.29, 0.717) is 13.0 Å². The Balaban J connectivity index is 2.10. The van der Waals surface area contributed by atoms with Crippen molar-refractivity contribution in [1.82, 2.24) is 14.5 Å². The average Bonchev–Trinajstić information content (AvgIpc) is 2.94. The number of sulfonamides is 1. The molecule has 1 N–H and O–H groups in total. The highest BCUT2D eigenvalue weighted by Crippen LogP contribution is 2.28. The van der Waals surface area contributed by atoms with Crippen molar-refractivity contribution < 1.29 is 13.2 Å². The fourth-order valence-electron chi connectivity index (χ4n) is 2.46. The molecule has 0 spiro atoms. The summed E-state index contributed by atoms with van der Waals surface area (Å²) in [6, 6.07) is -0.233. The maximum atomic E-state index is 12.1. The number of aryl methyl sites for hydroxylation is 1. The van der Waals surface area contributed by atoms with Crippen molar-refractivity contribution in [2.45, 2.75) is 44.9 Å². The van der Waals surface area contributed by atoms with E-state index in [-0.39, 0.29) is 17.9 Å². The van der Waals surface area contributed by atoms with Gasteiger partial charge in [-0.25, -0.2) is 13.1 Å². The highest BCUT2D eigenvalue weighted by molar-refractivity contribution is 7.89. The van der Waals surface area contributed by atoms with Gasteiger partial charge in [-0.05, 0) is 26.2 Å². The minimum atomic E-state index is -3.31. The van der Waals surface area contributed by atoms with E-state index in [0.717, 1.165) is 24.9 Å². The number of nitrogens with zero attached hydrogens (tertiary/aromatic N) is 2. The average molecular weight is 313 g/mol. The number of rotatable bonds is 7. The molecule has 0 amide bonds. The second kappa shape index (κ2) is 7.20. The van der Waals surface area contributed by atoms with Crippen LogP contribution >= 0.6 is 0 Å². The van der Waals surface area contributed by atoms with Gasteiger partial charge in [-0.2, -0.15) is 5.10 Å². The Morgan fingerprint density at radius 2 is 2.43 bits per heavy atom. The van der Waals surface area contributed by atoms with E-state index in [2.05, 4.69) is 16.4 Å². The second-order valence-corrected chi connectivity index (χ2v) is 7.06. The van der Waals surface area contributed by atoms with Gasteiger partial charge in [0.1, 0.15) is 6.10 Å². The van der Waals surface area contributed by atoms with Crippen molar-refractivity contribution >= 4 is 10.0 Å². The van der Waals surface area contributed by atoms with Crippen LogP contribution in [0.3, 0.4) is 0 Å². The third kappa shape index (κ3) is 4.39. The van der Waals surface area contributed by atoms with Crippen LogP contribution < -0.4 is 4.72 Å². The first-order valence-corrected chi connectivity index (χ1v) is 8.96. The molecular formula is C14H23N3O3S. The summed E-state index contributed by atoms with van der Waals surface area (Å²) in [5, 5.41) is 4.24. The molecule has 1 fully saturated rings. The predicted octanol–water partition coefficient (Wildman–Crippen LogP) is 1.62. The number of hydrogen-bond donors (Lipinski definition) is 1. The molecule has 2 heterocycles. The van der Waals surface area contributed by atoms with Crippen molar-refractivity contribution in [2.24, 2.45) is 0 Å². The molecule has 1 saturated heterocycles. The molecule has 0 saturated carbocycles. The largest absolute Gasteiger partial charge is 0.372 e. The van der Waals surface area contributed by atoms with Crippen LogP contribution in [0.1, 0.15) is 37.9 Å². The smallest absolute Gasteiger partial charge is 0.212 e. The van der Waals surface area contributed by atoms with Gasteiger partial charge >= 0.3 is 0 Å². The quantitative estimate of drug-likeness (QED) is 0.776. The van der Waals surface area contributed by atoms with Crippen molar-refractivity contribution in [3.8, 4) is 0 Å². The molecule has 6 nitrogen and oxygen atoms in total. The molecule has 118 valence electrons. The van der Waals surface area contributed by atoms with E-state index in [1.54, 1.807) is 12.3 Å². The fourth-order valence-corrected chi connectivity index (χ4v) is 3.76. The summed E-state index contributed by atoms with van der Waals surface area (Å²) in [4.78, 5) is 0. The predicted molar refractivity (Wildman–Crippen MR) is 81.4 cm³/mol. The van der Waals surface area contributed by atoms with Gasteiger partial charge < -0.3 is 4.74 Å². The van der Waals surface area contributed by atoms with Crippen LogP contribution in [0.5, 0.6) is 0 Å². The molecule has 0 aliphatic carbocycles. The number of nitrogens with one attached hydrogen (secondary N) is 1. The lowest BCUT2D eigenvalue weighted by atomic mass is 9.99. The Bertz CT molecular complexity index is 568. The van der Waals surface area contributed by atoms with Crippen LogP contribution in [0.2, 0.25) is 0 Å². The molecule has 0 radical (unpaired) electrons. The Kier molecular flexibility index (Phi) is 5.55. The highest BCUT2D eigenvalue weighted by Gasteiger charge is 2.31. The SMILES string of the molecule is C=CCCS(=O)(=O)N[C@@H]1CCCO[C@H]1c1cnn(CC)c1. The van der Waals surface area contributed by atoms with Crippen LogP contribution in [0.4, 0.5) is 0 Å². The Labute approximate surface area is 126 Å². The Morgan fingerprint density at radius 3 is 3.10 bits per heavy atom. The van der Waals surface area contributed by atoms with E-state index in [1.807, 2.05) is 17.8 Å².